The molecule has 6 nitrogen and oxygen atoms in total. The second-order valence-electron chi connectivity index (χ2n) is 5.64. The van der Waals surface area contributed by atoms with E-state index in [1.807, 2.05) is 35.8 Å². The van der Waals surface area contributed by atoms with Gasteiger partial charge in [0, 0.05) is 45.7 Å². The number of aromatic nitrogens is 3. The third-order valence-corrected chi connectivity index (χ3v) is 4.25. The summed E-state index contributed by atoms with van der Waals surface area (Å²) in [6.07, 6.45) is 7.52. The molecule has 1 amide bonds. The minimum Gasteiger partial charge on any atom is -0.381 e. The van der Waals surface area contributed by atoms with E-state index < -0.39 is 0 Å². The topological polar surface area (TPSA) is 51.8 Å². The summed E-state index contributed by atoms with van der Waals surface area (Å²) in [7, 11) is 1.93. The van der Waals surface area contributed by atoms with Crippen molar-refractivity contribution in [2.24, 2.45) is 13.0 Å². The number of hydrogen-bond donors (Lipinski definition) is 0. The van der Waals surface area contributed by atoms with Gasteiger partial charge in [-0.2, -0.15) is 5.10 Å². The smallest absolute Gasteiger partial charge is 0.259 e. The van der Waals surface area contributed by atoms with Crippen molar-refractivity contribution in [1.82, 2.24) is 19.1 Å². The highest BCUT2D eigenvalue weighted by Crippen LogP contribution is 2.19. The maximum atomic E-state index is 12.8. The van der Waals surface area contributed by atoms with E-state index >= 15 is 0 Å². The summed E-state index contributed by atoms with van der Waals surface area (Å²) in [4.78, 5) is 14.7. The van der Waals surface area contributed by atoms with E-state index in [9.17, 15) is 4.79 Å². The first kappa shape index (κ1) is 14.1. The average molecular weight is 290 g/mol. The third-order valence-electron chi connectivity index (χ3n) is 4.25. The summed E-state index contributed by atoms with van der Waals surface area (Å²) >= 11 is 0. The molecular formula is C15H22N4O2. The van der Waals surface area contributed by atoms with Crippen molar-refractivity contribution >= 4 is 11.6 Å². The van der Waals surface area contributed by atoms with Crippen molar-refractivity contribution in [2.45, 2.75) is 19.8 Å². The van der Waals surface area contributed by atoms with Gasteiger partial charge in [-0.25, -0.2) is 4.52 Å². The lowest BCUT2D eigenvalue weighted by molar-refractivity contribution is 0.0467. The Balaban J connectivity index is 1.79. The zero-order chi connectivity index (χ0) is 14.8. The van der Waals surface area contributed by atoms with Crippen molar-refractivity contribution in [3.63, 3.8) is 0 Å². The summed E-state index contributed by atoms with van der Waals surface area (Å²) in [6, 6.07) is 0. The number of amides is 1. The van der Waals surface area contributed by atoms with Crippen LogP contribution in [0.2, 0.25) is 0 Å². The SMILES string of the molecule is CCN(CC1CCOCC1)C(=O)c1cnn2ccn(C)c12. The lowest BCUT2D eigenvalue weighted by Gasteiger charge is -2.28. The molecule has 0 saturated carbocycles. The molecule has 1 fully saturated rings. The van der Waals surface area contributed by atoms with Gasteiger partial charge in [-0.05, 0) is 25.7 Å². The van der Waals surface area contributed by atoms with Crippen molar-refractivity contribution < 1.29 is 9.53 Å². The highest BCUT2D eigenvalue weighted by molar-refractivity contribution is 5.99. The maximum Gasteiger partial charge on any atom is 0.259 e. The summed E-state index contributed by atoms with van der Waals surface area (Å²) in [5.41, 5.74) is 1.53. The molecule has 3 rings (SSSR count). The van der Waals surface area contributed by atoms with Gasteiger partial charge in [0.2, 0.25) is 0 Å². The average Bonchev–Trinajstić information content (AvgIpc) is 3.09. The van der Waals surface area contributed by atoms with Crippen LogP contribution in [0.15, 0.2) is 18.6 Å². The molecule has 0 spiro atoms. The van der Waals surface area contributed by atoms with Crippen molar-refractivity contribution in [3.05, 3.63) is 24.2 Å². The molecule has 0 aromatic carbocycles. The molecule has 21 heavy (non-hydrogen) atoms. The molecule has 6 heteroatoms. The number of rotatable bonds is 4. The number of imidazole rings is 1. The Morgan fingerprint density at radius 3 is 2.90 bits per heavy atom. The molecular weight excluding hydrogens is 268 g/mol. The minimum atomic E-state index is 0.0702. The molecule has 1 saturated heterocycles. The van der Waals surface area contributed by atoms with Crippen LogP contribution in [0.1, 0.15) is 30.1 Å². The van der Waals surface area contributed by atoms with Gasteiger partial charge in [0.15, 0.2) is 0 Å². The Hall–Kier alpha value is -1.82. The standard InChI is InChI=1S/C15H22N4O2/c1-3-18(11-12-4-8-21-9-5-12)15(20)13-10-16-19-7-6-17(2)14(13)19/h6-7,10,12H,3-5,8-9,11H2,1-2H3. The van der Waals surface area contributed by atoms with Crippen LogP contribution in [-0.4, -0.2) is 51.3 Å². The van der Waals surface area contributed by atoms with Crippen LogP contribution in [0.5, 0.6) is 0 Å². The fourth-order valence-electron chi connectivity index (χ4n) is 2.97. The summed E-state index contributed by atoms with van der Waals surface area (Å²) < 4.78 is 9.07. The second-order valence-corrected chi connectivity index (χ2v) is 5.64. The molecule has 0 radical (unpaired) electrons. The Bertz CT molecular complexity index is 625. The predicted octanol–water partition coefficient (Wildman–Crippen LogP) is 1.56. The van der Waals surface area contributed by atoms with E-state index in [0.29, 0.717) is 11.5 Å². The van der Waals surface area contributed by atoms with E-state index in [2.05, 4.69) is 5.10 Å². The van der Waals surface area contributed by atoms with E-state index in [-0.39, 0.29) is 5.91 Å². The quantitative estimate of drug-likeness (QED) is 0.858. The summed E-state index contributed by atoms with van der Waals surface area (Å²) in [5.74, 6) is 0.614. The predicted molar refractivity (Wildman–Crippen MR) is 79.3 cm³/mol. The molecule has 0 bridgehead atoms. The van der Waals surface area contributed by atoms with Gasteiger partial charge in [-0.15, -0.1) is 0 Å². The molecule has 0 N–H and O–H groups in total. The minimum absolute atomic E-state index is 0.0702. The van der Waals surface area contributed by atoms with Crippen molar-refractivity contribution in [1.29, 1.82) is 0 Å². The molecule has 2 aromatic heterocycles. The number of ether oxygens (including phenoxy) is 1. The van der Waals surface area contributed by atoms with E-state index in [1.54, 1.807) is 10.7 Å². The van der Waals surface area contributed by atoms with Gasteiger partial charge in [0.25, 0.3) is 5.91 Å². The molecule has 0 aliphatic carbocycles. The van der Waals surface area contributed by atoms with Gasteiger partial charge < -0.3 is 14.2 Å². The Morgan fingerprint density at radius 2 is 2.19 bits per heavy atom. The van der Waals surface area contributed by atoms with Crippen molar-refractivity contribution in [2.75, 3.05) is 26.3 Å². The van der Waals surface area contributed by atoms with Crippen LogP contribution in [0.4, 0.5) is 0 Å². The van der Waals surface area contributed by atoms with E-state index in [4.69, 9.17) is 4.74 Å². The fourth-order valence-corrected chi connectivity index (χ4v) is 2.97. The number of carbonyl (C=O) groups is 1. The monoisotopic (exact) mass is 290 g/mol. The molecule has 0 unspecified atom stereocenters. The molecule has 114 valence electrons. The van der Waals surface area contributed by atoms with Gasteiger partial charge in [-0.1, -0.05) is 0 Å². The van der Waals surface area contributed by atoms with Crippen LogP contribution < -0.4 is 0 Å². The van der Waals surface area contributed by atoms with Crippen LogP contribution in [-0.2, 0) is 11.8 Å². The third kappa shape index (κ3) is 2.68. The van der Waals surface area contributed by atoms with Crippen LogP contribution in [0.25, 0.3) is 5.65 Å². The molecule has 0 atom stereocenters. The Labute approximate surface area is 124 Å². The van der Waals surface area contributed by atoms with Crippen LogP contribution in [0.3, 0.4) is 0 Å². The highest BCUT2D eigenvalue weighted by atomic mass is 16.5. The lowest BCUT2D eigenvalue weighted by atomic mass is 9.99. The van der Waals surface area contributed by atoms with Crippen LogP contribution >= 0.6 is 0 Å². The van der Waals surface area contributed by atoms with E-state index in [1.165, 1.54) is 0 Å². The maximum absolute atomic E-state index is 12.8. The first-order valence-corrected chi connectivity index (χ1v) is 7.56. The summed E-state index contributed by atoms with van der Waals surface area (Å²) in [5, 5.41) is 4.25. The number of carbonyl (C=O) groups excluding carboxylic acids is 1. The number of fused-ring (bicyclic) bond motifs is 1. The summed E-state index contributed by atoms with van der Waals surface area (Å²) in [6.45, 7) is 5.18. The fraction of sp³-hybridized carbons (Fsp3) is 0.600. The van der Waals surface area contributed by atoms with Gasteiger partial charge in [0.05, 0.1) is 6.20 Å². The van der Waals surface area contributed by atoms with Gasteiger partial charge in [0.1, 0.15) is 11.2 Å². The Kier molecular flexibility index (Phi) is 3.96. The largest absolute Gasteiger partial charge is 0.381 e. The van der Waals surface area contributed by atoms with Crippen molar-refractivity contribution in [3.8, 4) is 0 Å². The normalized spacial score (nSPS) is 16.5. The first-order chi connectivity index (χ1) is 10.2. The van der Waals surface area contributed by atoms with Gasteiger partial charge in [-0.3, -0.25) is 4.79 Å². The van der Waals surface area contributed by atoms with E-state index in [0.717, 1.165) is 44.8 Å². The lowest BCUT2D eigenvalue weighted by Crippen LogP contribution is -2.37. The second kappa shape index (κ2) is 5.89. The first-order valence-electron chi connectivity index (χ1n) is 7.56. The molecule has 1 aliphatic heterocycles. The van der Waals surface area contributed by atoms with Gasteiger partial charge >= 0.3 is 0 Å². The molecule has 1 aliphatic rings. The molecule has 3 heterocycles. The number of hydrogen-bond acceptors (Lipinski definition) is 3. The zero-order valence-corrected chi connectivity index (χ0v) is 12.7. The zero-order valence-electron chi connectivity index (χ0n) is 12.7. The number of nitrogens with zero attached hydrogens (tertiary/aromatic N) is 4. The van der Waals surface area contributed by atoms with Crippen LogP contribution in [0, 0.1) is 5.92 Å². The molecule has 2 aromatic rings. The number of aryl methyl sites for hydroxylation is 1. The highest BCUT2D eigenvalue weighted by Gasteiger charge is 2.24. The Morgan fingerprint density at radius 1 is 1.43 bits per heavy atom.